The van der Waals surface area contributed by atoms with E-state index < -0.39 is 35.1 Å². The van der Waals surface area contributed by atoms with Crippen LogP contribution in [-0.4, -0.2) is 42.7 Å². The molecular weight excluding hydrogens is 379 g/mol. The highest BCUT2D eigenvalue weighted by molar-refractivity contribution is 6.26. The van der Waals surface area contributed by atoms with E-state index in [9.17, 15) is 27.6 Å². The quantitative estimate of drug-likeness (QED) is 0.398. The molecule has 0 saturated heterocycles. The SMILES string of the molecule is COCCOCc1nc(C(F)(F)F)ccc1C(=O)C1C(=O)C2CCC(C2)C1=O. The largest absolute Gasteiger partial charge is 0.433 e. The minimum absolute atomic E-state index is 0.0908. The molecule has 2 fully saturated rings. The fourth-order valence-electron chi connectivity index (χ4n) is 3.83. The minimum Gasteiger partial charge on any atom is -0.382 e. The van der Waals surface area contributed by atoms with Gasteiger partial charge in [-0.1, -0.05) is 0 Å². The molecule has 0 amide bonds. The van der Waals surface area contributed by atoms with Crippen LogP contribution in [-0.2, 0) is 31.8 Å². The van der Waals surface area contributed by atoms with Crippen molar-refractivity contribution in [3.8, 4) is 0 Å². The van der Waals surface area contributed by atoms with Crippen molar-refractivity contribution in [3.05, 3.63) is 29.1 Å². The van der Waals surface area contributed by atoms with Crippen molar-refractivity contribution in [2.75, 3.05) is 20.3 Å². The van der Waals surface area contributed by atoms with Crippen molar-refractivity contribution < 1.29 is 37.0 Å². The van der Waals surface area contributed by atoms with Gasteiger partial charge in [0.1, 0.15) is 11.6 Å². The summed E-state index contributed by atoms with van der Waals surface area (Å²) < 4.78 is 49.1. The third kappa shape index (κ3) is 4.00. The van der Waals surface area contributed by atoms with Crippen LogP contribution in [0.3, 0.4) is 0 Å². The van der Waals surface area contributed by atoms with Crippen LogP contribution in [0.2, 0.25) is 0 Å². The Hall–Kier alpha value is -2.13. The Morgan fingerprint density at radius 2 is 1.79 bits per heavy atom. The number of hydrogen-bond acceptors (Lipinski definition) is 6. The number of fused-ring (bicyclic) bond motifs is 2. The Balaban J connectivity index is 1.91. The standard InChI is InChI=1S/C19H20F3NO5/c1-27-6-7-28-9-13-12(4-5-14(23-13)19(20,21)22)18(26)15-16(24)10-2-3-11(8-10)17(15)25/h4-5,10-11,15H,2-3,6-9H2,1H3. The third-order valence-corrected chi connectivity index (χ3v) is 5.27. The van der Waals surface area contributed by atoms with Crippen molar-refractivity contribution in [1.29, 1.82) is 0 Å². The molecule has 0 aliphatic heterocycles. The van der Waals surface area contributed by atoms with Crippen molar-refractivity contribution in [2.24, 2.45) is 17.8 Å². The highest BCUT2D eigenvalue weighted by Gasteiger charge is 2.50. The van der Waals surface area contributed by atoms with E-state index in [0.717, 1.165) is 6.07 Å². The molecule has 9 heteroatoms. The zero-order chi connectivity index (χ0) is 20.5. The average molecular weight is 399 g/mol. The van der Waals surface area contributed by atoms with Crippen LogP contribution >= 0.6 is 0 Å². The number of Topliss-reactive ketones (excluding diaryl/α,β-unsaturated/α-hetero) is 3. The van der Waals surface area contributed by atoms with Gasteiger partial charge in [-0.3, -0.25) is 14.4 Å². The molecule has 6 nitrogen and oxygen atoms in total. The third-order valence-electron chi connectivity index (χ3n) is 5.27. The smallest absolute Gasteiger partial charge is 0.382 e. The summed E-state index contributed by atoms with van der Waals surface area (Å²) in [5.74, 6) is -3.79. The van der Waals surface area contributed by atoms with Gasteiger partial charge in [0.2, 0.25) is 0 Å². The summed E-state index contributed by atoms with van der Waals surface area (Å²) in [5, 5.41) is 0. The summed E-state index contributed by atoms with van der Waals surface area (Å²) >= 11 is 0. The van der Waals surface area contributed by atoms with Crippen LogP contribution in [0.4, 0.5) is 13.2 Å². The lowest BCUT2D eigenvalue weighted by molar-refractivity contribution is -0.141. The number of pyridine rings is 1. The van der Waals surface area contributed by atoms with Gasteiger partial charge in [-0.25, -0.2) is 4.98 Å². The van der Waals surface area contributed by atoms with Crippen molar-refractivity contribution in [1.82, 2.24) is 4.98 Å². The normalized spacial score (nSPS) is 24.6. The Morgan fingerprint density at radius 1 is 1.14 bits per heavy atom. The summed E-state index contributed by atoms with van der Waals surface area (Å²) in [6, 6.07) is 1.66. The number of halogens is 3. The summed E-state index contributed by atoms with van der Waals surface area (Å²) in [5.41, 5.74) is -1.59. The van der Waals surface area contributed by atoms with Crippen molar-refractivity contribution in [3.63, 3.8) is 0 Å². The number of methoxy groups -OCH3 is 1. The van der Waals surface area contributed by atoms with Gasteiger partial charge in [0.05, 0.1) is 25.5 Å². The zero-order valence-electron chi connectivity index (χ0n) is 15.3. The first-order chi connectivity index (χ1) is 13.2. The number of alkyl halides is 3. The molecule has 2 bridgehead atoms. The molecule has 1 aromatic rings. The highest BCUT2D eigenvalue weighted by Crippen LogP contribution is 2.41. The Kier molecular flexibility index (Phi) is 5.95. The van der Waals surface area contributed by atoms with Crippen LogP contribution in [0.1, 0.15) is 41.0 Å². The number of carbonyl (C=O) groups excluding carboxylic acids is 3. The van der Waals surface area contributed by atoms with Gasteiger partial charge >= 0.3 is 6.18 Å². The summed E-state index contributed by atoms with van der Waals surface area (Å²) in [7, 11) is 1.44. The highest BCUT2D eigenvalue weighted by atomic mass is 19.4. The lowest BCUT2D eigenvalue weighted by atomic mass is 9.75. The molecule has 2 aliphatic rings. The lowest BCUT2D eigenvalue weighted by Gasteiger charge is -2.25. The average Bonchev–Trinajstić information content (AvgIpc) is 3.10. The van der Waals surface area contributed by atoms with E-state index in [0.29, 0.717) is 25.3 Å². The van der Waals surface area contributed by atoms with E-state index in [2.05, 4.69) is 4.98 Å². The molecule has 28 heavy (non-hydrogen) atoms. The Labute approximate surface area is 159 Å². The fourth-order valence-corrected chi connectivity index (χ4v) is 3.83. The maximum absolute atomic E-state index is 13.0. The molecule has 3 rings (SSSR count). The number of rotatable bonds is 7. The Morgan fingerprint density at radius 3 is 2.36 bits per heavy atom. The maximum Gasteiger partial charge on any atom is 0.433 e. The molecular formula is C19H20F3NO5. The van der Waals surface area contributed by atoms with E-state index in [1.807, 2.05) is 0 Å². The number of aromatic nitrogens is 1. The number of ether oxygens (including phenoxy) is 2. The monoisotopic (exact) mass is 399 g/mol. The second-order valence-corrected chi connectivity index (χ2v) is 7.04. The van der Waals surface area contributed by atoms with Crippen LogP contribution in [0.25, 0.3) is 0 Å². The van der Waals surface area contributed by atoms with Crippen LogP contribution in [0.5, 0.6) is 0 Å². The molecule has 2 unspecified atom stereocenters. The van der Waals surface area contributed by atoms with Crippen molar-refractivity contribution in [2.45, 2.75) is 32.0 Å². The minimum atomic E-state index is -4.70. The van der Waals surface area contributed by atoms with Crippen LogP contribution in [0.15, 0.2) is 12.1 Å². The van der Waals surface area contributed by atoms with Gasteiger partial charge in [0, 0.05) is 24.5 Å². The van der Waals surface area contributed by atoms with E-state index in [1.165, 1.54) is 7.11 Å². The van der Waals surface area contributed by atoms with Crippen LogP contribution < -0.4 is 0 Å². The first-order valence-electron chi connectivity index (χ1n) is 8.99. The fraction of sp³-hybridized carbons (Fsp3) is 0.579. The Bertz CT molecular complexity index is 770. The van der Waals surface area contributed by atoms with E-state index >= 15 is 0 Å². The topological polar surface area (TPSA) is 82.6 Å². The molecule has 1 aromatic heterocycles. The molecule has 2 saturated carbocycles. The molecule has 0 aromatic carbocycles. The second kappa shape index (κ2) is 8.08. The van der Waals surface area contributed by atoms with Crippen molar-refractivity contribution >= 4 is 17.3 Å². The first-order valence-corrected chi connectivity index (χ1v) is 8.99. The number of carbonyl (C=O) groups is 3. The zero-order valence-corrected chi connectivity index (χ0v) is 15.3. The number of ketones is 3. The van der Waals surface area contributed by atoms with Gasteiger partial charge in [-0.2, -0.15) is 13.2 Å². The van der Waals surface area contributed by atoms with Gasteiger partial charge < -0.3 is 9.47 Å². The van der Waals surface area contributed by atoms with E-state index in [1.54, 1.807) is 0 Å². The summed E-state index contributed by atoms with van der Waals surface area (Å²) in [6.45, 7) is -0.0605. The molecule has 2 atom stereocenters. The molecule has 152 valence electrons. The number of hydrogen-bond donors (Lipinski definition) is 0. The lowest BCUT2D eigenvalue weighted by Crippen LogP contribution is -2.42. The van der Waals surface area contributed by atoms with E-state index in [-0.39, 0.29) is 42.9 Å². The number of nitrogens with zero attached hydrogens (tertiary/aromatic N) is 1. The molecule has 0 spiro atoms. The van der Waals surface area contributed by atoms with Gasteiger partial charge in [-0.15, -0.1) is 0 Å². The summed E-state index contributed by atoms with van der Waals surface area (Å²) in [4.78, 5) is 41.6. The van der Waals surface area contributed by atoms with Gasteiger partial charge in [0.15, 0.2) is 17.3 Å². The predicted molar refractivity (Wildman–Crippen MR) is 89.4 cm³/mol. The molecule has 2 aliphatic carbocycles. The first kappa shape index (κ1) is 20.6. The molecule has 0 radical (unpaired) electrons. The van der Waals surface area contributed by atoms with E-state index in [4.69, 9.17) is 9.47 Å². The second-order valence-electron chi connectivity index (χ2n) is 7.04. The molecule has 1 heterocycles. The molecule has 0 N–H and O–H groups in total. The maximum atomic E-state index is 13.0. The van der Waals surface area contributed by atoms with Crippen LogP contribution in [0, 0.1) is 17.8 Å². The predicted octanol–water partition coefficient (Wildman–Crippen LogP) is 2.63. The summed E-state index contributed by atoms with van der Waals surface area (Å²) in [6.07, 6.45) is -3.10. The van der Waals surface area contributed by atoms with Gasteiger partial charge in [0.25, 0.3) is 0 Å². The van der Waals surface area contributed by atoms with Gasteiger partial charge in [-0.05, 0) is 31.4 Å².